The Morgan fingerprint density at radius 1 is 1.41 bits per heavy atom. The number of thioether (sulfide) groups is 1. The number of ether oxygens (including phenoxy) is 1. The maximum absolute atomic E-state index is 11.4. The minimum Gasteiger partial charge on any atom is -0.465 e. The SMILES string of the molecule is COC(=O)c1cnc(SCc2ccc(Cl)cc2)c([N+](=O)[O-])c1. The Hall–Kier alpha value is -2.12. The monoisotopic (exact) mass is 338 g/mol. The first-order chi connectivity index (χ1) is 10.5. The van der Waals surface area contributed by atoms with Gasteiger partial charge >= 0.3 is 11.7 Å². The minimum atomic E-state index is -0.662. The molecule has 8 heteroatoms. The smallest absolute Gasteiger partial charge is 0.339 e. The standard InChI is InChI=1S/C14H11ClN2O4S/c1-21-14(18)10-6-12(17(19)20)13(16-7-10)22-8-9-2-4-11(15)5-3-9/h2-7H,8H2,1H3. The highest BCUT2D eigenvalue weighted by molar-refractivity contribution is 7.98. The maximum atomic E-state index is 11.4. The number of hydrogen-bond acceptors (Lipinski definition) is 6. The highest BCUT2D eigenvalue weighted by Gasteiger charge is 2.19. The predicted octanol–water partition coefficient (Wildman–Crippen LogP) is 3.72. The number of aromatic nitrogens is 1. The van der Waals surface area contributed by atoms with Crippen LogP contribution in [0.15, 0.2) is 41.6 Å². The number of nitrogens with zero attached hydrogens (tertiary/aromatic N) is 2. The topological polar surface area (TPSA) is 82.3 Å². The average Bonchev–Trinajstić information content (AvgIpc) is 2.53. The summed E-state index contributed by atoms with van der Waals surface area (Å²) in [5.74, 6) is -0.160. The number of halogens is 1. The summed E-state index contributed by atoms with van der Waals surface area (Å²) in [4.78, 5) is 26.0. The van der Waals surface area contributed by atoms with Crippen molar-refractivity contribution < 1.29 is 14.5 Å². The van der Waals surface area contributed by atoms with E-state index in [9.17, 15) is 14.9 Å². The van der Waals surface area contributed by atoms with E-state index in [0.29, 0.717) is 10.8 Å². The van der Waals surface area contributed by atoms with Gasteiger partial charge in [0.25, 0.3) is 0 Å². The number of carbonyl (C=O) groups excluding carboxylic acids is 1. The number of rotatable bonds is 5. The third kappa shape index (κ3) is 3.96. The van der Waals surface area contributed by atoms with Gasteiger partial charge in [0.2, 0.25) is 0 Å². The van der Waals surface area contributed by atoms with Crippen LogP contribution < -0.4 is 0 Å². The molecule has 0 radical (unpaired) electrons. The Balaban J connectivity index is 2.21. The highest BCUT2D eigenvalue weighted by Crippen LogP contribution is 2.30. The second-order valence-electron chi connectivity index (χ2n) is 4.21. The van der Waals surface area contributed by atoms with Crippen LogP contribution in [0.1, 0.15) is 15.9 Å². The Kier molecular flexibility index (Phi) is 5.35. The van der Waals surface area contributed by atoms with Crippen molar-refractivity contribution in [3.05, 3.63) is 62.8 Å². The molecule has 0 unspecified atom stereocenters. The van der Waals surface area contributed by atoms with Crippen molar-refractivity contribution in [2.75, 3.05) is 7.11 Å². The Labute approximate surface area is 135 Å². The zero-order valence-corrected chi connectivity index (χ0v) is 13.1. The molecule has 0 bridgehead atoms. The van der Waals surface area contributed by atoms with Crippen molar-refractivity contribution in [3.8, 4) is 0 Å². The van der Waals surface area contributed by atoms with E-state index in [0.717, 1.165) is 5.56 Å². The summed E-state index contributed by atoms with van der Waals surface area (Å²) >= 11 is 7.02. The number of pyridine rings is 1. The van der Waals surface area contributed by atoms with Crippen molar-refractivity contribution in [2.45, 2.75) is 10.8 Å². The molecule has 0 spiro atoms. The van der Waals surface area contributed by atoms with Crippen LogP contribution in [0.2, 0.25) is 5.02 Å². The molecule has 0 fully saturated rings. The summed E-state index contributed by atoms with van der Waals surface area (Å²) < 4.78 is 4.53. The zero-order chi connectivity index (χ0) is 16.1. The van der Waals surface area contributed by atoms with Crippen LogP contribution in [0.4, 0.5) is 5.69 Å². The molecular formula is C14H11ClN2O4S. The van der Waals surface area contributed by atoms with Gasteiger partial charge in [0, 0.05) is 23.0 Å². The third-order valence-electron chi connectivity index (χ3n) is 2.74. The molecule has 0 saturated carbocycles. The van der Waals surface area contributed by atoms with Crippen molar-refractivity contribution in [3.63, 3.8) is 0 Å². The van der Waals surface area contributed by atoms with Crippen LogP contribution in [0.5, 0.6) is 0 Å². The lowest BCUT2D eigenvalue weighted by Crippen LogP contribution is -2.04. The summed E-state index contributed by atoms with van der Waals surface area (Å²) in [6.07, 6.45) is 1.27. The van der Waals surface area contributed by atoms with Crippen molar-refractivity contribution in [2.24, 2.45) is 0 Å². The van der Waals surface area contributed by atoms with Crippen LogP contribution in [0, 0.1) is 10.1 Å². The van der Waals surface area contributed by atoms with Gasteiger partial charge in [-0.25, -0.2) is 9.78 Å². The molecule has 1 heterocycles. The number of hydrogen-bond donors (Lipinski definition) is 0. The average molecular weight is 339 g/mol. The van der Waals surface area contributed by atoms with E-state index >= 15 is 0 Å². The number of benzene rings is 1. The van der Waals surface area contributed by atoms with Crippen LogP contribution in [0.3, 0.4) is 0 Å². The molecule has 0 amide bonds. The van der Waals surface area contributed by atoms with E-state index in [-0.39, 0.29) is 16.3 Å². The lowest BCUT2D eigenvalue weighted by atomic mass is 10.2. The fourth-order valence-electron chi connectivity index (χ4n) is 1.64. The minimum absolute atomic E-state index is 0.0463. The number of methoxy groups -OCH3 is 1. The summed E-state index contributed by atoms with van der Waals surface area (Å²) in [6, 6.07) is 8.34. The molecule has 2 rings (SSSR count). The van der Waals surface area contributed by atoms with Gasteiger partial charge in [-0.3, -0.25) is 10.1 Å². The van der Waals surface area contributed by atoms with Gasteiger partial charge < -0.3 is 4.74 Å². The van der Waals surface area contributed by atoms with Crippen molar-refractivity contribution >= 4 is 35.0 Å². The molecular weight excluding hydrogens is 328 g/mol. The van der Waals surface area contributed by atoms with Gasteiger partial charge in [-0.1, -0.05) is 35.5 Å². The normalized spacial score (nSPS) is 10.3. The van der Waals surface area contributed by atoms with Crippen molar-refractivity contribution in [1.82, 2.24) is 4.98 Å². The first-order valence-electron chi connectivity index (χ1n) is 6.11. The van der Waals surface area contributed by atoms with Crippen LogP contribution in [-0.2, 0) is 10.5 Å². The Bertz CT molecular complexity index is 706. The summed E-state index contributed by atoms with van der Waals surface area (Å²) in [5.41, 5.74) is 0.787. The molecule has 0 aliphatic rings. The molecule has 0 N–H and O–H groups in total. The molecule has 1 aromatic heterocycles. The summed E-state index contributed by atoms with van der Waals surface area (Å²) in [7, 11) is 1.21. The van der Waals surface area contributed by atoms with Crippen LogP contribution in [0.25, 0.3) is 0 Å². The maximum Gasteiger partial charge on any atom is 0.339 e. The lowest BCUT2D eigenvalue weighted by Gasteiger charge is -2.04. The number of esters is 1. The molecule has 0 saturated heterocycles. The Morgan fingerprint density at radius 2 is 2.09 bits per heavy atom. The Morgan fingerprint density at radius 3 is 2.68 bits per heavy atom. The van der Waals surface area contributed by atoms with Crippen LogP contribution in [-0.4, -0.2) is 23.0 Å². The van der Waals surface area contributed by atoms with Crippen LogP contribution >= 0.6 is 23.4 Å². The molecule has 114 valence electrons. The summed E-state index contributed by atoms with van der Waals surface area (Å²) in [5, 5.41) is 12.0. The van der Waals surface area contributed by atoms with E-state index in [1.165, 1.54) is 31.1 Å². The molecule has 22 heavy (non-hydrogen) atoms. The van der Waals surface area contributed by atoms with E-state index in [1.54, 1.807) is 12.1 Å². The largest absolute Gasteiger partial charge is 0.465 e. The van der Waals surface area contributed by atoms with Gasteiger partial charge in [-0.15, -0.1) is 0 Å². The number of nitro groups is 1. The highest BCUT2D eigenvalue weighted by atomic mass is 35.5. The van der Waals surface area contributed by atoms with Gasteiger partial charge in [-0.2, -0.15) is 0 Å². The van der Waals surface area contributed by atoms with Gasteiger partial charge in [0.15, 0.2) is 5.03 Å². The van der Waals surface area contributed by atoms with Crippen molar-refractivity contribution in [1.29, 1.82) is 0 Å². The summed E-state index contributed by atoms with van der Waals surface area (Å²) in [6.45, 7) is 0. The quantitative estimate of drug-likeness (QED) is 0.357. The second-order valence-corrected chi connectivity index (χ2v) is 5.61. The van der Waals surface area contributed by atoms with Gasteiger partial charge in [0.1, 0.15) is 0 Å². The third-order valence-corrected chi connectivity index (χ3v) is 4.06. The van der Waals surface area contributed by atoms with E-state index in [4.69, 9.17) is 11.6 Å². The molecule has 0 aliphatic carbocycles. The second kappa shape index (κ2) is 7.24. The first-order valence-corrected chi connectivity index (χ1v) is 7.47. The fourth-order valence-corrected chi connectivity index (χ4v) is 2.67. The molecule has 1 aromatic carbocycles. The number of carbonyl (C=O) groups is 1. The molecule has 0 aliphatic heterocycles. The molecule has 0 atom stereocenters. The first kappa shape index (κ1) is 16.3. The van der Waals surface area contributed by atoms with E-state index in [1.807, 2.05) is 12.1 Å². The van der Waals surface area contributed by atoms with Gasteiger partial charge in [-0.05, 0) is 17.7 Å². The molecule has 6 nitrogen and oxygen atoms in total. The zero-order valence-electron chi connectivity index (χ0n) is 11.5. The predicted molar refractivity (Wildman–Crippen MR) is 83.2 cm³/mol. The van der Waals surface area contributed by atoms with E-state index in [2.05, 4.69) is 9.72 Å². The van der Waals surface area contributed by atoms with Gasteiger partial charge in [0.05, 0.1) is 17.6 Å². The lowest BCUT2D eigenvalue weighted by molar-refractivity contribution is -0.388. The fraction of sp³-hybridized carbons (Fsp3) is 0.143. The van der Waals surface area contributed by atoms with E-state index < -0.39 is 10.9 Å². The molecule has 2 aromatic rings.